The van der Waals surface area contributed by atoms with Crippen molar-refractivity contribution in [3.63, 3.8) is 0 Å². The molecule has 0 radical (unpaired) electrons. The van der Waals surface area contributed by atoms with Crippen molar-refractivity contribution in [2.75, 3.05) is 13.2 Å². The average molecular weight is 292 g/mol. The van der Waals surface area contributed by atoms with Crippen LogP contribution in [0.3, 0.4) is 0 Å². The monoisotopic (exact) mass is 292 g/mol. The maximum absolute atomic E-state index is 12.0. The zero-order valence-electron chi connectivity index (χ0n) is 10.9. The molecule has 3 N–H and O–H groups in total. The quantitative estimate of drug-likeness (QED) is 0.710. The SMILES string of the molecule is O=C(NC1CCCNC1=O)c1ccc(C#CCCO)s1. The minimum Gasteiger partial charge on any atom is -0.395 e. The topological polar surface area (TPSA) is 78.4 Å². The van der Waals surface area contributed by atoms with Crippen LogP contribution in [-0.2, 0) is 4.79 Å². The van der Waals surface area contributed by atoms with Crippen molar-refractivity contribution in [3.8, 4) is 11.8 Å². The third-order valence-electron chi connectivity index (χ3n) is 2.87. The molecular weight excluding hydrogens is 276 g/mol. The largest absolute Gasteiger partial charge is 0.395 e. The number of aliphatic hydroxyl groups is 1. The first-order valence-corrected chi connectivity index (χ1v) is 7.30. The van der Waals surface area contributed by atoms with Gasteiger partial charge in [0.05, 0.1) is 16.4 Å². The van der Waals surface area contributed by atoms with E-state index >= 15 is 0 Å². The molecule has 1 aliphatic rings. The van der Waals surface area contributed by atoms with Crippen LogP contribution in [-0.4, -0.2) is 36.1 Å². The summed E-state index contributed by atoms with van der Waals surface area (Å²) in [7, 11) is 0. The van der Waals surface area contributed by atoms with Crippen molar-refractivity contribution in [2.24, 2.45) is 0 Å². The molecule has 1 saturated heterocycles. The molecule has 1 aliphatic heterocycles. The highest BCUT2D eigenvalue weighted by molar-refractivity contribution is 7.14. The molecule has 0 spiro atoms. The molecule has 5 nitrogen and oxygen atoms in total. The zero-order chi connectivity index (χ0) is 14.4. The number of hydrogen-bond donors (Lipinski definition) is 3. The predicted molar refractivity (Wildman–Crippen MR) is 76.4 cm³/mol. The minimum atomic E-state index is -0.442. The maximum Gasteiger partial charge on any atom is 0.262 e. The van der Waals surface area contributed by atoms with E-state index in [2.05, 4.69) is 22.5 Å². The van der Waals surface area contributed by atoms with Gasteiger partial charge in [0.15, 0.2) is 0 Å². The molecule has 2 heterocycles. The summed E-state index contributed by atoms with van der Waals surface area (Å²) >= 11 is 1.28. The van der Waals surface area contributed by atoms with E-state index in [4.69, 9.17) is 5.11 Å². The summed E-state index contributed by atoms with van der Waals surface area (Å²) < 4.78 is 0. The first-order chi connectivity index (χ1) is 9.70. The Balaban J connectivity index is 1.96. The summed E-state index contributed by atoms with van der Waals surface area (Å²) in [6.07, 6.45) is 1.97. The van der Waals surface area contributed by atoms with Gasteiger partial charge in [-0.2, -0.15) is 0 Å². The van der Waals surface area contributed by atoms with Gasteiger partial charge in [0, 0.05) is 13.0 Å². The minimum absolute atomic E-state index is 0.0303. The first kappa shape index (κ1) is 14.6. The molecule has 1 fully saturated rings. The summed E-state index contributed by atoms with van der Waals surface area (Å²) in [6, 6.07) is 3.02. The van der Waals surface area contributed by atoms with E-state index < -0.39 is 6.04 Å². The van der Waals surface area contributed by atoms with Crippen molar-refractivity contribution in [2.45, 2.75) is 25.3 Å². The molecule has 1 aromatic heterocycles. The molecule has 6 heteroatoms. The molecule has 20 heavy (non-hydrogen) atoms. The fourth-order valence-corrected chi connectivity index (χ4v) is 2.66. The number of carbonyl (C=O) groups excluding carboxylic acids is 2. The summed E-state index contributed by atoms with van der Waals surface area (Å²) in [5, 5.41) is 14.1. The van der Waals surface area contributed by atoms with Crippen molar-refractivity contribution in [3.05, 3.63) is 21.9 Å². The molecule has 1 unspecified atom stereocenters. The van der Waals surface area contributed by atoms with Gasteiger partial charge in [-0.15, -0.1) is 11.3 Å². The molecule has 0 aromatic carbocycles. The molecule has 2 amide bonds. The Hall–Kier alpha value is -1.84. The number of carbonyl (C=O) groups is 2. The molecule has 0 saturated carbocycles. The lowest BCUT2D eigenvalue weighted by Gasteiger charge is -2.22. The van der Waals surface area contributed by atoms with Crippen molar-refractivity contribution in [1.29, 1.82) is 0 Å². The number of rotatable bonds is 3. The second kappa shape index (κ2) is 7.08. The zero-order valence-corrected chi connectivity index (χ0v) is 11.8. The van der Waals surface area contributed by atoms with Gasteiger partial charge < -0.3 is 15.7 Å². The summed E-state index contributed by atoms with van der Waals surface area (Å²) in [6.45, 7) is 0.706. The lowest BCUT2D eigenvalue weighted by molar-refractivity contribution is -0.124. The van der Waals surface area contributed by atoms with Crippen LogP contribution in [0.1, 0.15) is 33.8 Å². The second-order valence-electron chi connectivity index (χ2n) is 4.40. The van der Waals surface area contributed by atoms with Gasteiger partial charge in [0.1, 0.15) is 6.04 Å². The Bertz CT molecular complexity index is 556. The van der Waals surface area contributed by atoms with E-state index in [0.717, 1.165) is 11.3 Å². The molecule has 2 rings (SSSR count). The van der Waals surface area contributed by atoms with Crippen LogP contribution in [0.25, 0.3) is 0 Å². The highest BCUT2D eigenvalue weighted by Gasteiger charge is 2.24. The first-order valence-electron chi connectivity index (χ1n) is 6.49. The third kappa shape index (κ3) is 3.83. The standard InChI is InChI=1S/C14H16N2O3S/c17-9-2-1-4-10-6-7-12(20-10)14(19)16-11-5-3-8-15-13(11)18/h6-7,11,17H,2-3,5,8-9H2,(H,15,18)(H,16,19). The van der Waals surface area contributed by atoms with Gasteiger partial charge >= 0.3 is 0 Å². The van der Waals surface area contributed by atoms with Crippen LogP contribution in [0.4, 0.5) is 0 Å². The fraction of sp³-hybridized carbons (Fsp3) is 0.429. The Labute approximate surface area is 121 Å². The molecule has 0 aliphatic carbocycles. The van der Waals surface area contributed by atoms with Crippen molar-refractivity contribution >= 4 is 23.2 Å². The van der Waals surface area contributed by atoms with E-state index in [1.54, 1.807) is 12.1 Å². The molecule has 1 aromatic rings. The molecular formula is C14H16N2O3S. The van der Waals surface area contributed by atoms with Crippen LogP contribution in [0, 0.1) is 11.8 Å². The smallest absolute Gasteiger partial charge is 0.262 e. The van der Waals surface area contributed by atoms with Crippen LogP contribution in [0.5, 0.6) is 0 Å². The number of hydrogen-bond acceptors (Lipinski definition) is 4. The molecule has 0 bridgehead atoms. The molecule has 1 atom stereocenters. The van der Waals surface area contributed by atoms with Crippen LogP contribution in [0.15, 0.2) is 12.1 Å². The maximum atomic E-state index is 12.0. The van der Waals surface area contributed by atoms with Gasteiger partial charge in [-0.1, -0.05) is 11.8 Å². The van der Waals surface area contributed by atoms with Gasteiger partial charge in [-0.25, -0.2) is 0 Å². The van der Waals surface area contributed by atoms with E-state index in [9.17, 15) is 9.59 Å². The number of piperidine rings is 1. The fourth-order valence-electron chi connectivity index (χ4n) is 1.87. The van der Waals surface area contributed by atoms with E-state index in [-0.39, 0.29) is 18.4 Å². The van der Waals surface area contributed by atoms with Gasteiger partial charge in [-0.05, 0) is 25.0 Å². The van der Waals surface area contributed by atoms with Crippen LogP contribution in [0.2, 0.25) is 0 Å². The van der Waals surface area contributed by atoms with E-state index in [1.807, 2.05) is 0 Å². The summed E-state index contributed by atoms with van der Waals surface area (Å²) in [5.41, 5.74) is 0. The molecule has 106 valence electrons. The highest BCUT2D eigenvalue weighted by atomic mass is 32.1. The number of amides is 2. The summed E-state index contributed by atoms with van der Waals surface area (Å²) in [5.74, 6) is 5.32. The Morgan fingerprint density at radius 2 is 2.40 bits per heavy atom. The van der Waals surface area contributed by atoms with Gasteiger partial charge in [0.25, 0.3) is 5.91 Å². The Morgan fingerprint density at radius 1 is 1.55 bits per heavy atom. The lowest BCUT2D eigenvalue weighted by atomic mass is 10.1. The van der Waals surface area contributed by atoms with Crippen molar-refractivity contribution < 1.29 is 14.7 Å². The Kier molecular flexibility index (Phi) is 5.16. The number of nitrogens with one attached hydrogen (secondary N) is 2. The van der Waals surface area contributed by atoms with E-state index in [0.29, 0.717) is 24.3 Å². The number of thiophene rings is 1. The summed E-state index contributed by atoms with van der Waals surface area (Å²) in [4.78, 5) is 24.9. The highest BCUT2D eigenvalue weighted by Crippen LogP contribution is 2.16. The predicted octanol–water partition coefficient (Wildman–Crippen LogP) is 0.490. The van der Waals surface area contributed by atoms with Gasteiger partial charge in [0.2, 0.25) is 5.91 Å². The Morgan fingerprint density at radius 3 is 3.15 bits per heavy atom. The second-order valence-corrected chi connectivity index (χ2v) is 5.48. The van der Waals surface area contributed by atoms with Crippen molar-refractivity contribution in [1.82, 2.24) is 10.6 Å². The van der Waals surface area contributed by atoms with Crippen LogP contribution < -0.4 is 10.6 Å². The average Bonchev–Trinajstić information content (AvgIpc) is 2.91. The normalized spacial score (nSPS) is 17.9. The third-order valence-corrected chi connectivity index (χ3v) is 3.87. The van der Waals surface area contributed by atoms with Gasteiger partial charge in [-0.3, -0.25) is 9.59 Å². The van der Waals surface area contributed by atoms with E-state index in [1.165, 1.54) is 11.3 Å². The number of aliphatic hydroxyl groups excluding tert-OH is 1. The lowest BCUT2D eigenvalue weighted by Crippen LogP contribution is -2.50. The van der Waals surface area contributed by atoms with Crippen LogP contribution >= 0.6 is 11.3 Å².